The molecule has 2 heterocycles. The molecule has 2 rings (SSSR count). The van der Waals surface area contributed by atoms with E-state index in [-0.39, 0.29) is 5.91 Å². The third kappa shape index (κ3) is 3.30. The third-order valence-corrected chi connectivity index (χ3v) is 3.39. The topological polar surface area (TPSA) is 67.4 Å². The van der Waals surface area contributed by atoms with E-state index in [9.17, 15) is 4.79 Å². The van der Waals surface area contributed by atoms with Gasteiger partial charge in [-0.3, -0.25) is 14.4 Å². The molecule has 1 aliphatic heterocycles. The highest BCUT2D eigenvalue weighted by Gasteiger charge is 2.24. The number of hydrogen-bond acceptors (Lipinski definition) is 4. The quantitative estimate of drug-likeness (QED) is 0.775. The van der Waals surface area contributed by atoms with E-state index in [0.717, 1.165) is 18.8 Å². The van der Waals surface area contributed by atoms with E-state index in [4.69, 9.17) is 18.0 Å². The van der Waals surface area contributed by atoms with Crippen molar-refractivity contribution >= 4 is 23.1 Å². The fourth-order valence-electron chi connectivity index (χ4n) is 2.30. The summed E-state index contributed by atoms with van der Waals surface area (Å²) in [6, 6.07) is 1.82. The van der Waals surface area contributed by atoms with Crippen molar-refractivity contribution < 1.29 is 4.79 Å². The minimum Gasteiger partial charge on any atom is -0.392 e. The lowest BCUT2D eigenvalue weighted by Gasteiger charge is -2.34. The highest BCUT2D eigenvalue weighted by molar-refractivity contribution is 7.80. The van der Waals surface area contributed by atoms with Crippen LogP contribution in [-0.2, 0) is 7.05 Å². The Bertz CT molecular complexity index is 490. The molecule has 0 radical (unpaired) electrons. The van der Waals surface area contributed by atoms with E-state index in [0.29, 0.717) is 30.3 Å². The molecule has 0 aromatic carbocycles. The van der Waals surface area contributed by atoms with Crippen molar-refractivity contribution in [3.05, 3.63) is 17.5 Å². The summed E-state index contributed by atoms with van der Waals surface area (Å²) in [7, 11) is 1.79. The van der Waals surface area contributed by atoms with E-state index in [1.54, 1.807) is 11.7 Å². The zero-order valence-electron chi connectivity index (χ0n) is 11.3. The Morgan fingerprint density at radius 2 is 2.05 bits per heavy atom. The van der Waals surface area contributed by atoms with E-state index >= 15 is 0 Å². The van der Waals surface area contributed by atoms with Gasteiger partial charge in [0.25, 0.3) is 5.91 Å². The molecule has 104 valence electrons. The zero-order valence-corrected chi connectivity index (χ0v) is 12.1. The second-order valence-electron chi connectivity index (χ2n) is 4.83. The Hall–Kier alpha value is -1.47. The maximum Gasteiger partial charge on any atom is 0.272 e. The second-order valence-corrected chi connectivity index (χ2v) is 5.35. The number of hydrogen-bond donors (Lipinski definition) is 1. The van der Waals surface area contributed by atoms with Gasteiger partial charge in [-0.2, -0.15) is 5.10 Å². The molecule has 0 atom stereocenters. The fourth-order valence-corrected chi connectivity index (χ4v) is 2.48. The number of nitrogens with two attached hydrogens (primary N) is 1. The molecule has 0 spiro atoms. The summed E-state index contributed by atoms with van der Waals surface area (Å²) < 4.78 is 1.64. The predicted octanol–water partition coefficient (Wildman–Crippen LogP) is -0.228. The number of nitrogens with zero attached hydrogens (tertiary/aromatic N) is 4. The van der Waals surface area contributed by atoms with E-state index in [2.05, 4.69) is 10.00 Å². The van der Waals surface area contributed by atoms with Crippen LogP contribution in [0.3, 0.4) is 0 Å². The van der Waals surface area contributed by atoms with Crippen LogP contribution in [0.5, 0.6) is 0 Å². The molecular weight excluding hydrogens is 262 g/mol. The summed E-state index contributed by atoms with van der Waals surface area (Å²) in [6.45, 7) is 5.52. The van der Waals surface area contributed by atoms with Gasteiger partial charge < -0.3 is 10.6 Å². The Morgan fingerprint density at radius 3 is 2.53 bits per heavy atom. The van der Waals surface area contributed by atoms with Crippen LogP contribution in [0, 0.1) is 6.92 Å². The summed E-state index contributed by atoms with van der Waals surface area (Å²) in [5.74, 6) is 0.0399. The number of aryl methyl sites for hydroxylation is 2. The Balaban J connectivity index is 1.96. The number of amides is 1. The summed E-state index contributed by atoms with van der Waals surface area (Å²) in [6.07, 6.45) is 0. The normalized spacial score (nSPS) is 16.6. The first-order valence-electron chi connectivity index (χ1n) is 6.28. The standard InChI is InChI=1S/C12H19N5OS/c1-9-7-10(15(2)14-9)12(18)17-5-3-16(4-6-17)8-11(13)19/h7H,3-6,8H2,1-2H3,(H2,13,19). The maximum absolute atomic E-state index is 12.4. The van der Waals surface area contributed by atoms with Crippen LogP contribution in [-0.4, -0.2) is 63.2 Å². The number of rotatable bonds is 3. The van der Waals surface area contributed by atoms with Gasteiger partial charge in [0.15, 0.2) is 0 Å². The minimum atomic E-state index is 0.0399. The van der Waals surface area contributed by atoms with Crippen molar-refractivity contribution in [1.82, 2.24) is 19.6 Å². The van der Waals surface area contributed by atoms with Gasteiger partial charge >= 0.3 is 0 Å². The van der Waals surface area contributed by atoms with Gasteiger partial charge in [-0.1, -0.05) is 12.2 Å². The molecule has 6 nitrogen and oxygen atoms in total. The molecule has 1 amide bonds. The molecule has 2 N–H and O–H groups in total. The summed E-state index contributed by atoms with van der Waals surface area (Å²) in [5.41, 5.74) is 7.03. The smallest absolute Gasteiger partial charge is 0.272 e. The van der Waals surface area contributed by atoms with Gasteiger partial charge in [-0.15, -0.1) is 0 Å². The molecule has 1 aliphatic rings. The molecule has 0 aliphatic carbocycles. The van der Waals surface area contributed by atoms with Gasteiger partial charge in [0.05, 0.1) is 10.7 Å². The highest BCUT2D eigenvalue weighted by Crippen LogP contribution is 2.09. The highest BCUT2D eigenvalue weighted by atomic mass is 32.1. The molecule has 1 aromatic rings. The Morgan fingerprint density at radius 1 is 1.42 bits per heavy atom. The number of carbonyl (C=O) groups is 1. The minimum absolute atomic E-state index is 0.0399. The summed E-state index contributed by atoms with van der Waals surface area (Å²) in [4.78, 5) is 16.9. The maximum atomic E-state index is 12.4. The third-order valence-electron chi connectivity index (χ3n) is 3.26. The average molecular weight is 281 g/mol. The molecule has 1 saturated heterocycles. The predicted molar refractivity (Wildman–Crippen MR) is 77.1 cm³/mol. The van der Waals surface area contributed by atoms with Crippen LogP contribution in [0.15, 0.2) is 6.07 Å². The number of thiocarbonyl (C=S) groups is 1. The lowest BCUT2D eigenvalue weighted by Crippen LogP contribution is -2.50. The summed E-state index contributed by atoms with van der Waals surface area (Å²) in [5, 5.41) is 4.21. The second kappa shape index (κ2) is 5.66. The van der Waals surface area contributed by atoms with Gasteiger partial charge in [0, 0.05) is 39.8 Å². The molecule has 1 aromatic heterocycles. The molecule has 0 bridgehead atoms. The lowest BCUT2D eigenvalue weighted by molar-refractivity contribution is 0.0643. The largest absolute Gasteiger partial charge is 0.392 e. The van der Waals surface area contributed by atoms with E-state index in [1.807, 2.05) is 17.9 Å². The van der Waals surface area contributed by atoms with Crippen LogP contribution in [0.2, 0.25) is 0 Å². The van der Waals surface area contributed by atoms with Crippen molar-refractivity contribution in [1.29, 1.82) is 0 Å². The average Bonchev–Trinajstić information content (AvgIpc) is 2.68. The number of piperazine rings is 1. The number of carbonyl (C=O) groups excluding carboxylic acids is 1. The fraction of sp³-hybridized carbons (Fsp3) is 0.583. The first-order valence-corrected chi connectivity index (χ1v) is 6.69. The van der Waals surface area contributed by atoms with Crippen molar-refractivity contribution in [3.63, 3.8) is 0 Å². The van der Waals surface area contributed by atoms with Crippen LogP contribution >= 0.6 is 12.2 Å². The molecule has 7 heteroatoms. The zero-order chi connectivity index (χ0) is 14.0. The van der Waals surface area contributed by atoms with Gasteiger partial charge in [-0.25, -0.2) is 0 Å². The first kappa shape index (κ1) is 14.0. The molecule has 19 heavy (non-hydrogen) atoms. The molecule has 0 saturated carbocycles. The summed E-state index contributed by atoms with van der Waals surface area (Å²) >= 11 is 4.90. The monoisotopic (exact) mass is 281 g/mol. The van der Waals surface area contributed by atoms with Crippen LogP contribution in [0.1, 0.15) is 16.2 Å². The van der Waals surface area contributed by atoms with Crippen LogP contribution in [0.4, 0.5) is 0 Å². The SMILES string of the molecule is Cc1cc(C(=O)N2CCN(CC(N)=S)CC2)n(C)n1. The van der Waals surface area contributed by atoms with Crippen LogP contribution in [0.25, 0.3) is 0 Å². The molecule has 1 fully saturated rings. The Kier molecular flexibility index (Phi) is 4.16. The van der Waals surface area contributed by atoms with Crippen molar-refractivity contribution in [2.75, 3.05) is 32.7 Å². The van der Waals surface area contributed by atoms with E-state index < -0.39 is 0 Å². The molecular formula is C12H19N5OS. The Labute approximate surface area is 118 Å². The lowest BCUT2D eigenvalue weighted by atomic mass is 10.2. The first-order chi connectivity index (χ1) is 8.97. The van der Waals surface area contributed by atoms with Crippen molar-refractivity contribution in [3.8, 4) is 0 Å². The van der Waals surface area contributed by atoms with E-state index in [1.165, 1.54) is 0 Å². The van der Waals surface area contributed by atoms with Crippen LogP contribution < -0.4 is 5.73 Å². The molecule has 0 unspecified atom stereocenters. The van der Waals surface area contributed by atoms with Crippen molar-refractivity contribution in [2.24, 2.45) is 12.8 Å². The van der Waals surface area contributed by atoms with Gasteiger partial charge in [0.1, 0.15) is 5.69 Å². The number of aromatic nitrogens is 2. The van der Waals surface area contributed by atoms with Crippen molar-refractivity contribution in [2.45, 2.75) is 6.92 Å². The van der Waals surface area contributed by atoms with Gasteiger partial charge in [-0.05, 0) is 13.0 Å². The van der Waals surface area contributed by atoms with Gasteiger partial charge in [0.2, 0.25) is 0 Å².